The van der Waals surface area contributed by atoms with Crippen LogP contribution < -0.4 is 4.74 Å². The van der Waals surface area contributed by atoms with E-state index in [1.807, 2.05) is 40.7 Å². The van der Waals surface area contributed by atoms with Gasteiger partial charge in [0.15, 0.2) is 5.78 Å². The Bertz CT molecular complexity index is 745. The smallest absolute Gasteiger partial charge is 0.335 e. The zero-order valence-corrected chi connectivity index (χ0v) is 16.8. The van der Waals surface area contributed by atoms with Crippen molar-refractivity contribution in [2.45, 2.75) is 65.6 Å². The molecule has 2 rings (SSSR count). The number of hydrogen-bond donors (Lipinski definition) is 2. The van der Waals surface area contributed by atoms with Crippen molar-refractivity contribution >= 4 is 11.8 Å². The van der Waals surface area contributed by atoms with Crippen molar-refractivity contribution in [1.29, 1.82) is 0 Å². The van der Waals surface area contributed by atoms with Gasteiger partial charge in [0.25, 0.3) is 0 Å². The van der Waals surface area contributed by atoms with Crippen LogP contribution in [0.15, 0.2) is 24.3 Å². The summed E-state index contributed by atoms with van der Waals surface area (Å²) in [5, 5.41) is 19.7. The molecular weight excluding hydrogens is 344 g/mol. The average molecular weight is 374 g/mol. The highest BCUT2D eigenvalue weighted by Gasteiger charge is 2.37. The van der Waals surface area contributed by atoms with E-state index in [0.717, 1.165) is 5.56 Å². The third-order valence-corrected chi connectivity index (χ3v) is 5.05. The molecule has 1 heterocycles. The lowest BCUT2D eigenvalue weighted by Gasteiger charge is -2.38. The summed E-state index contributed by atoms with van der Waals surface area (Å²) >= 11 is 0. The second kappa shape index (κ2) is 8.26. The van der Waals surface area contributed by atoms with Crippen LogP contribution in [0.1, 0.15) is 62.5 Å². The number of rotatable bonds is 7. The Morgan fingerprint density at radius 2 is 1.96 bits per heavy atom. The van der Waals surface area contributed by atoms with E-state index in [9.17, 15) is 19.8 Å². The lowest BCUT2D eigenvalue weighted by molar-refractivity contribution is -0.117. The zero-order valence-electron chi connectivity index (χ0n) is 16.8. The summed E-state index contributed by atoms with van der Waals surface area (Å²) in [5.41, 5.74) is 0.916. The molecule has 2 atom stereocenters. The number of ether oxygens (including phenoxy) is 1. The number of carboxylic acids is 1. The number of fused-ring (bicyclic) bond motifs is 1. The van der Waals surface area contributed by atoms with Crippen LogP contribution in [-0.2, 0) is 17.6 Å². The van der Waals surface area contributed by atoms with Crippen molar-refractivity contribution in [2.75, 3.05) is 0 Å². The molecule has 2 unspecified atom stereocenters. The number of carboxylic acid groups (broad SMARTS) is 1. The molecule has 2 N–H and O–H groups in total. The Labute approximate surface area is 161 Å². The molecule has 0 aliphatic carbocycles. The topological polar surface area (TPSA) is 83.8 Å². The number of carbonyl (C=O) groups excluding carboxylic acids is 1. The van der Waals surface area contributed by atoms with Crippen LogP contribution in [0.3, 0.4) is 0 Å². The zero-order chi connectivity index (χ0) is 20.4. The van der Waals surface area contributed by atoms with Crippen LogP contribution >= 0.6 is 0 Å². The van der Waals surface area contributed by atoms with Gasteiger partial charge in [0.1, 0.15) is 11.4 Å². The van der Waals surface area contributed by atoms with Crippen LogP contribution in [0.4, 0.5) is 0 Å². The maximum absolute atomic E-state index is 12.2. The summed E-state index contributed by atoms with van der Waals surface area (Å²) in [5.74, 6) is -0.132. The number of aliphatic hydroxyl groups is 1. The van der Waals surface area contributed by atoms with E-state index < -0.39 is 17.7 Å². The summed E-state index contributed by atoms with van der Waals surface area (Å²) in [7, 11) is 0. The lowest BCUT2D eigenvalue weighted by Crippen LogP contribution is -2.46. The van der Waals surface area contributed by atoms with Crippen molar-refractivity contribution in [3.8, 4) is 5.75 Å². The number of aryl methyl sites for hydroxylation is 1. The van der Waals surface area contributed by atoms with Crippen LogP contribution in [0, 0.1) is 11.8 Å². The third kappa shape index (κ3) is 5.19. The van der Waals surface area contributed by atoms with Gasteiger partial charge in [0, 0.05) is 12.3 Å². The molecule has 1 aliphatic heterocycles. The van der Waals surface area contributed by atoms with Gasteiger partial charge in [-0.05, 0) is 61.9 Å². The first-order valence-corrected chi connectivity index (χ1v) is 9.49. The lowest BCUT2D eigenvalue weighted by atomic mass is 9.87. The van der Waals surface area contributed by atoms with Gasteiger partial charge < -0.3 is 14.9 Å². The number of aromatic carboxylic acids is 1. The number of ketones is 1. The molecule has 0 bridgehead atoms. The predicted molar refractivity (Wildman–Crippen MR) is 104 cm³/mol. The van der Waals surface area contributed by atoms with E-state index >= 15 is 0 Å². The maximum Gasteiger partial charge on any atom is 0.335 e. The average Bonchev–Trinajstić information content (AvgIpc) is 2.57. The van der Waals surface area contributed by atoms with Crippen molar-refractivity contribution in [3.63, 3.8) is 0 Å². The van der Waals surface area contributed by atoms with Gasteiger partial charge in [-0.15, -0.1) is 0 Å². The second-order valence-electron chi connectivity index (χ2n) is 8.30. The highest BCUT2D eigenvalue weighted by molar-refractivity contribution is 5.91. The van der Waals surface area contributed by atoms with Crippen LogP contribution in [0.2, 0.25) is 0 Å². The first kappa shape index (κ1) is 21.2. The van der Waals surface area contributed by atoms with Crippen molar-refractivity contribution in [1.82, 2.24) is 0 Å². The van der Waals surface area contributed by atoms with E-state index in [4.69, 9.17) is 4.74 Å². The molecule has 148 valence electrons. The Balaban J connectivity index is 2.25. The van der Waals surface area contributed by atoms with Gasteiger partial charge in [-0.25, -0.2) is 4.79 Å². The number of carbonyl (C=O) groups is 2. The van der Waals surface area contributed by atoms with E-state index in [0.29, 0.717) is 36.5 Å². The highest BCUT2D eigenvalue weighted by atomic mass is 16.5. The van der Waals surface area contributed by atoms with E-state index in [2.05, 4.69) is 0 Å². The maximum atomic E-state index is 12.2. The van der Waals surface area contributed by atoms with Gasteiger partial charge in [-0.2, -0.15) is 0 Å². The molecule has 5 nitrogen and oxygen atoms in total. The van der Waals surface area contributed by atoms with E-state index in [-0.39, 0.29) is 17.3 Å². The molecule has 0 aromatic heterocycles. The summed E-state index contributed by atoms with van der Waals surface area (Å²) < 4.78 is 6.03. The molecule has 1 aliphatic rings. The Morgan fingerprint density at radius 1 is 1.30 bits per heavy atom. The molecule has 0 saturated heterocycles. The van der Waals surface area contributed by atoms with Crippen molar-refractivity contribution in [2.24, 2.45) is 11.8 Å². The molecule has 0 spiro atoms. The molecule has 0 amide bonds. The fourth-order valence-electron chi connectivity index (χ4n) is 3.10. The number of benzene rings is 1. The molecule has 0 fully saturated rings. The minimum atomic E-state index is -1.01. The third-order valence-electron chi connectivity index (χ3n) is 5.05. The quantitative estimate of drug-likeness (QED) is 0.709. The summed E-state index contributed by atoms with van der Waals surface area (Å²) in [6, 6.07) is 3.19. The fourth-order valence-corrected chi connectivity index (χ4v) is 3.10. The standard InChI is InChI=1S/C22H30O5/c1-13(2)6-9-18(23)14(3)7-8-15-10-17(21(25)26)11-16-12-19(24)22(4,5)27-20(15)16/h6,9-11,13-14,19,24H,7-8,12H2,1-5H3,(H,25,26)/b9-6+. The SMILES string of the molecule is CC(C)/C=C/C(=O)C(C)CCc1cc(C(=O)O)cc2c1OC(C)(C)C(O)C2. The minimum absolute atomic E-state index is 0.0728. The molecule has 1 aromatic carbocycles. The first-order valence-electron chi connectivity index (χ1n) is 9.49. The van der Waals surface area contributed by atoms with Gasteiger partial charge in [-0.3, -0.25) is 4.79 Å². The number of allylic oxidation sites excluding steroid dienone is 2. The van der Waals surface area contributed by atoms with Crippen LogP contribution in [0.25, 0.3) is 0 Å². The van der Waals surface area contributed by atoms with E-state index in [1.165, 1.54) is 0 Å². The molecule has 1 aromatic rings. The second-order valence-corrected chi connectivity index (χ2v) is 8.30. The van der Waals surface area contributed by atoms with Crippen LogP contribution in [-0.4, -0.2) is 33.7 Å². The van der Waals surface area contributed by atoms with E-state index in [1.54, 1.807) is 18.2 Å². The molecule has 0 saturated carbocycles. The van der Waals surface area contributed by atoms with Gasteiger partial charge in [-0.1, -0.05) is 26.8 Å². The van der Waals surface area contributed by atoms with Crippen molar-refractivity contribution < 1.29 is 24.5 Å². The fraction of sp³-hybridized carbons (Fsp3) is 0.545. The molecule has 5 heteroatoms. The number of aliphatic hydroxyl groups excluding tert-OH is 1. The number of hydrogen-bond acceptors (Lipinski definition) is 4. The largest absolute Gasteiger partial charge is 0.485 e. The monoisotopic (exact) mass is 374 g/mol. The summed E-state index contributed by atoms with van der Waals surface area (Å²) in [6.45, 7) is 9.56. The molecular formula is C22H30O5. The molecule has 0 radical (unpaired) electrons. The normalized spacial score (nSPS) is 19.6. The Kier molecular flexibility index (Phi) is 6.47. The first-order chi connectivity index (χ1) is 12.5. The van der Waals surface area contributed by atoms with Crippen molar-refractivity contribution in [3.05, 3.63) is 41.0 Å². The predicted octanol–water partition coefficient (Wildman–Crippen LogP) is 3.81. The Morgan fingerprint density at radius 3 is 2.56 bits per heavy atom. The van der Waals surface area contributed by atoms with Gasteiger partial charge >= 0.3 is 5.97 Å². The molecule has 27 heavy (non-hydrogen) atoms. The summed E-state index contributed by atoms with van der Waals surface area (Å²) in [4.78, 5) is 23.7. The van der Waals surface area contributed by atoms with Crippen LogP contribution in [0.5, 0.6) is 5.75 Å². The van der Waals surface area contributed by atoms with Gasteiger partial charge in [0.05, 0.1) is 11.7 Å². The Hall–Kier alpha value is -2.14. The summed E-state index contributed by atoms with van der Waals surface area (Å²) in [6.07, 6.45) is 4.31. The minimum Gasteiger partial charge on any atom is -0.485 e. The highest BCUT2D eigenvalue weighted by Crippen LogP contribution is 2.38. The van der Waals surface area contributed by atoms with Gasteiger partial charge in [0.2, 0.25) is 0 Å².